The molecule has 3 saturated heterocycles. The number of fused-ring (bicyclic) bond motifs is 2. The van der Waals surface area contributed by atoms with Gasteiger partial charge in [-0.05, 0) is 88.5 Å². The number of ether oxygens (including phenoxy) is 2. The zero-order chi connectivity index (χ0) is 41.4. The van der Waals surface area contributed by atoms with Crippen LogP contribution in [-0.2, 0) is 9.53 Å². The molecule has 2 N–H and O–H groups in total. The summed E-state index contributed by atoms with van der Waals surface area (Å²) in [6.45, 7) is 11.6. The lowest BCUT2D eigenvalue weighted by Gasteiger charge is -2.46. The largest absolute Gasteiger partial charge is 0.508 e. The fraction of sp³-hybridized carbons (Fsp3) is 0.511. The van der Waals surface area contributed by atoms with Gasteiger partial charge in [0.25, 0.3) is 0 Å². The van der Waals surface area contributed by atoms with Crippen molar-refractivity contribution in [3.63, 3.8) is 0 Å². The van der Waals surface area contributed by atoms with Crippen molar-refractivity contribution in [3.8, 4) is 35.4 Å². The van der Waals surface area contributed by atoms with Gasteiger partial charge in [-0.15, -0.1) is 6.42 Å². The highest BCUT2D eigenvalue weighted by Gasteiger charge is 2.47. The number of phenols is 1. The van der Waals surface area contributed by atoms with Crippen molar-refractivity contribution in [2.24, 2.45) is 0 Å². The number of anilines is 1. The Bertz CT molecular complexity index is 2280. The molecule has 14 heteroatoms. The van der Waals surface area contributed by atoms with E-state index >= 15 is 13.2 Å². The fourth-order valence-corrected chi connectivity index (χ4v) is 10.0. The van der Waals surface area contributed by atoms with Crippen molar-refractivity contribution in [3.05, 3.63) is 60.3 Å². The molecule has 312 valence electrons. The summed E-state index contributed by atoms with van der Waals surface area (Å²) in [5.74, 6) is 0.755. The number of aromatic hydroxyl groups is 1. The SMILES string of the molecule is C#Cc1c(F)ccc2cc(O)cc(-c3ncc4c(N5CCCCC(NC(=O)C=C)C5)nc(OC[C@]5(C)C[C@@H](F)CN5C5CCC(N6CCOC[C@@H]6C)CC5)nc4c3F)c12. The number of likely N-dealkylation sites (tertiary alicyclic amines) is 1. The normalized spacial score (nSPS) is 27.1. The summed E-state index contributed by atoms with van der Waals surface area (Å²) in [6, 6.07) is 6.11. The highest BCUT2D eigenvalue weighted by Crippen LogP contribution is 2.41. The van der Waals surface area contributed by atoms with E-state index in [0.29, 0.717) is 48.3 Å². The molecule has 4 aliphatic rings. The second-order valence-electron chi connectivity index (χ2n) is 16.9. The molecule has 2 aromatic heterocycles. The number of carbonyl (C=O) groups excluding carboxylic acids is 1. The van der Waals surface area contributed by atoms with E-state index in [9.17, 15) is 9.90 Å². The molecular formula is C45H52F3N7O4. The van der Waals surface area contributed by atoms with Crippen LogP contribution in [0.1, 0.15) is 70.8 Å². The number of morpholine rings is 1. The minimum Gasteiger partial charge on any atom is -0.508 e. The molecule has 1 aliphatic carbocycles. The summed E-state index contributed by atoms with van der Waals surface area (Å²) < 4.78 is 59.8. The third-order valence-electron chi connectivity index (χ3n) is 12.9. The Hall–Kier alpha value is -4.97. The molecule has 1 unspecified atom stereocenters. The summed E-state index contributed by atoms with van der Waals surface area (Å²) >= 11 is 0. The summed E-state index contributed by atoms with van der Waals surface area (Å²) in [5, 5.41) is 14.6. The maximum absolute atomic E-state index is 17.2. The Morgan fingerprint density at radius 1 is 1.14 bits per heavy atom. The number of amides is 1. The van der Waals surface area contributed by atoms with Crippen molar-refractivity contribution in [1.82, 2.24) is 30.1 Å². The first-order valence-electron chi connectivity index (χ1n) is 20.8. The van der Waals surface area contributed by atoms with Crippen LogP contribution >= 0.6 is 0 Å². The maximum Gasteiger partial charge on any atom is 0.319 e. The van der Waals surface area contributed by atoms with Crippen molar-refractivity contribution in [1.29, 1.82) is 0 Å². The Kier molecular flexibility index (Phi) is 11.7. The number of alkyl halides is 1. The number of terminal acetylenes is 1. The Labute approximate surface area is 343 Å². The van der Waals surface area contributed by atoms with Crippen molar-refractivity contribution < 1.29 is 32.5 Å². The molecule has 0 radical (unpaired) electrons. The zero-order valence-corrected chi connectivity index (χ0v) is 33.7. The topological polar surface area (TPSA) is 116 Å². The number of nitrogens with zero attached hydrogens (tertiary/aromatic N) is 6. The van der Waals surface area contributed by atoms with Crippen LogP contribution in [0.2, 0.25) is 0 Å². The van der Waals surface area contributed by atoms with Gasteiger partial charge in [0.1, 0.15) is 41.4 Å². The second-order valence-corrected chi connectivity index (χ2v) is 16.9. The second kappa shape index (κ2) is 17.0. The van der Waals surface area contributed by atoms with Crippen molar-refractivity contribution in [2.75, 3.05) is 50.9 Å². The highest BCUT2D eigenvalue weighted by atomic mass is 19.1. The molecule has 2 aromatic carbocycles. The Morgan fingerprint density at radius 3 is 2.69 bits per heavy atom. The number of benzene rings is 2. The van der Waals surface area contributed by atoms with Crippen LogP contribution in [0.5, 0.6) is 11.8 Å². The van der Waals surface area contributed by atoms with Gasteiger partial charge < -0.3 is 24.8 Å². The molecule has 4 atom stereocenters. The smallest absolute Gasteiger partial charge is 0.319 e. The summed E-state index contributed by atoms with van der Waals surface area (Å²) in [7, 11) is 0. The molecule has 0 bridgehead atoms. The number of nitrogens with one attached hydrogen (secondary N) is 1. The van der Waals surface area contributed by atoms with Gasteiger partial charge in [0.2, 0.25) is 5.91 Å². The maximum atomic E-state index is 17.2. The number of aromatic nitrogens is 3. The summed E-state index contributed by atoms with van der Waals surface area (Å²) in [4.78, 5) is 33.2. The molecular weight excluding hydrogens is 760 g/mol. The summed E-state index contributed by atoms with van der Waals surface area (Å²) in [5.41, 5.74) is -0.971. The quantitative estimate of drug-likeness (QED) is 0.140. The monoisotopic (exact) mass is 811 g/mol. The predicted molar refractivity (Wildman–Crippen MR) is 221 cm³/mol. The number of halogens is 3. The van der Waals surface area contributed by atoms with Gasteiger partial charge in [-0.3, -0.25) is 19.6 Å². The first-order valence-corrected chi connectivity index (χ1v) is 20.8. The molecule has 4 aromatic rings. The van der Waals surface area contributed by atoms with E-state index in [2.05, 4.69) is 44.5 Å². The molecule has 4 fully saturated rings. The third-order valence-corrected chi connectivity index (χ3v) is 12.9. The Morgan fingerprint density at radius 2 is 1.93 bits per heavy atom. The van der Waals surface area contributed by atoms with Crippen LogP contribution in [0, 0.1) is 24.0 Å². The number of hydrogen-bond acceptors (Lipinski definition) is 10. The first-order chi connectivity index (χ1) is 28.5. The van der Waals surface area contributed by atoms with Gasteiger partial charge >= 0.3 is 6.01 Å². The van der Waals surface area contributed by atoms with Gasteiger partial charge in [-0.25, -0.2) is 13.2 Å². The standard InChI is InChI=1S/C45H52F3N7O4/c1-5-34-37(47)15-10-28-19-33(56)20-35(39(28)34)41-40(48)42-36(22-49-41)43(53-16-8-7-9-30(24-53)50-38(57)6-2)52-44(51-42)59-26-45(4)21-29(46)23-55(45)32-13-11-31(12-14-32)54-17-18-58-25-27(54)3/h1,6,10,15,19-20,22,27,29-32,56H,2,7-9,11-14,16-18,21,23-26H2,3-4H3,(H,50,57)/t27-,29+,30?,31?,32?,45-/m0/s1. The van der Waals surface area contributed by atoms with Crippen molar-refractivity contribution in [2.45, 2.75) is 101 Å². The molecule has 1 saturated carbocycles. The van der Waals surface area contributed by atoms with Crippen molar-refractivity contribution >= 4 is 33.4 Å². The van der Waals surface area contributed by atoms with E-state index < -0.39 is 23.3 Å². The predicted octanol–water partition coefficient (Wildman–Crippen LogP) is 6.68. The van der Waals surface area contributed by atoms with Gasteiger partial charge in [-0.1, -0.05) is 18.6 Å². The third kappa shape index (κ3) is 8.17. The van der Waals surface area contributed by atoms with E-state index in [1.165, 1.54) is 36.5 Å². The van der Waals surface area contributed by atoms with Crippen LogP contribution in [0.4, 0.5) is 19.0 Å². The molecule has 0 spiro atoms. The number of rotatable bonds is 9. The van der Waals surface area contributed by atoms with E-state index in [1.807, 2.05) is 11.8 Å². The number of hydrogen-bond donors (Lipinski definition) is 2. The van der Waals surface area contributed by atoms with Gasteiger partial charge in [0, 0.05) is 73.9 Å². The fourth-order valence-electron chi connectivity index (χ4n) is 10.0. The average molecular weight is 812 g/mol. The number of carbonyl (C=O) groups is 1. The molecule has 1 amide bonds. The number of pyridine rings is 1. The molecule has 3 aliphatic heterocycles. The lowest BCUT2D eigenvalue weighted by Crippen LogP contribution is -2.55. The lowest BCUT2D eigenvalue weighted by atomic mass is 9.86. The minimum atomic E-state index is -1.03. The average Bonchev–Trinajstić information content (AvgIpc) is 3.36. The van der Waals surface area contributed by atoms with E-state index in [4.69, 9.17) is 20.9 Å². The molecule has 11 nitrogen and oxygen atoms in total. The summed E-state index contributed by atoms with van der Waals surface area (Å²) in [6.07, 6.45) is 14.0. The Balaban J connectivity index is 1.15. The van der Waals surface area contributed by atoms with E-state index in [-0.39, 0.29) is 70.5 Å². The molecule has 5 heterocycles. The van der Waals surface area contributed by atoms with Crippen LogP contribution in [0.15, 0.2) is 43.1 Å². The van der Waals surface area contributed by atoms with E-state index in [1.54, 1.807) is 0 Å². The lowest BCUT2D eigenvalue weighted by molar-refractivity contribution is -0.117. The first kappa shape index (κ1) is 40.8. The van der Waals surface area contributed by atoms with Crippen LogP contribution < -0.4 is 15.0 Å². The molecule has 8 rings (SSSR count). The molecule has 59 heavy (non-hydrogen) atoms. The van der Waals surface area contributed by atoms with E-state index in [0.717, 1.165) is 64.7 Å². The highest BCUT2D eigenvalue weighted by molar-refractivity contribution is 6.03. The van der Waals surface area contributed by atoms with Crippen LogP contribution in [-0.4, -0.2) is 118 Å². The van der Waals surface area contributed by atoms with Crippen LogP contribution in [0.3, 0.4) is 0 Å². The number of phenolic OH excluding ortho intramolecular Hbond substituents is 1. The minimum absolute atomic E-state index is 0.0678. The van der Waals surface area contributed by atoms with Gasteiger partial charge in [0.05, 0.1) is 29.7 Å². The van der Waals surface area contributed by atoms with Crippen LogP contribution in [0.25, 0.3) is 32.9 Å². The van der Waals surface area contributed by atoms with Gasteiger partial charge in [-0.2, -0.15) is 9.97 Å². The zero-order valence-electron chi connectivity index (χ0n) is 33.7. The van der Waals surface area contributed by atoms with Gasteiger partial charge in [0.15, 0.2) is 5.82 Å².